The van der Waals surface area contributed by atoms with Gasteiger partial charge in [0.2, 0.25) is 11.8 Å². The van der Waals surface area contributed by atoms with Gasteiger partial charge >= 0.3 is 0 Å². The molecule has 1 aliphatic heterocycles. The number of hydrogen-bond acceptors (Lipinski definition) is 4. The molecule has 0 radical (unpaired) electrons. The lowest BCUT2D eigenvalue weighted by molar-refractivity contribution is -0.129. The summed E-state index contributed by atoms with van der Waals surface area (Å²) < 4.78 is 0. The number of hydrogen-bond donors (Lipinski definition) is 4. The molecular formula is C17H21N3O4. The van der Waals surface area contributed by atoms with Crippen molar-refractivity contribution in [2.45, 2.75) is 32.1 Å². The molecule has 0 saturated carbocycles. The number of carbonyl (C=O) groups excluding carboxylic acids is 3. The first-order chi connectivity index (χ1) is 11.6. The Morgan fingerprint density at radius 1 is 1.08 bits per heavy atom. The van der Waals surface area contributed by atoms with Crippen molar-refractivity contribution < 1.29 is 19.6 Å². The molecule has 4 N–H and O–H groups in total. The van der Waals surface area contributed by atoms with Gasteiger partial charge in [0, 0.05) is 30.2 Å². The molecule has 128 valence electrons. The Labute approximate surface area is 140 Å². The fraction of sp³-hybridized carbons (Fsp3) is 0.353. The topological polar surface area (TPSA) is 108 Å². The van der Waals surface area contributed by atoms with E-state index in [1.54, 1.807) is 23.7 Å². The van der Waals surface area contributed by atoms with Crippen LogP contribution in [-0.4, -0.2) is 29.5 Å². The molecule has 0 bridgehead atoms. The highest BCUT2D eigenvalue weighted by Gasteiger charge is 2.23. The van der Waals surface area contributed by atoms with Gasteiger partial charge in [-0.15, -0.1) is 0 Å². The molecule has 24 heavy (non-hydrogen) atoms. The van der Waals surface area contributed by atoms with E-state index in [0.717, 1.165) is 24.8 Å². The number of rotatable bonds is 8. The van der Waals surface area contributed by atoms with Crippen LogP contribution in [0.2, 0.25) is 0 Å². The highest BCUT2D eigenvalue weighted by atomic mass is 16.5. The van der Waals surface area contributed by atoms with Crippen molar-refractivity contribution in [3.63, 3.8) is 0 Å². The van der Waals surface area contributed by atoms with Crippen LogP contribution < -0.4 is 16.1 Å². The number of nitrogens with one attached hydrogen (secondary N) is 3. The summed E-state index contributed by atoms with van der Waals surface area (Å²) in [7, 11) is 0. The van der Waals surface area contributed by atoms with E-state index in [4.69, 9.17) is 5.21 Å². The lowest BCUT2D eigenvalue weighted by Gasteiger charge is -2.04. The van der Waals surface area contributed by atoms with Crippen LogP contribution in [0.15, 0.2) is 30.3 Å². The minimum absolute atomic E-state index is 0.198. The molecule has 7 nitrogen and oxygen atoms in total. The van der Waals surface area contributed by atoms with Crippen molar-refractivity contribution in [3.05, 3.63) is 41.5 Å². The Bertz CT molecular complexity index is 655. The average molecular weight is 331 g/mol. The first kappa shape index (κ1) is 17.7. The Balaban J connectivity index is 1.69. The fourth-order valence-corrected chi connectivity index (χ4v) is 2.50. The molecule has 1 aliphatic rings. The highest BCUT2D eigenvalue weighted by molar-refractivity contribution is 6.12. The maximum absolute atomic E-state index is 11.9. The quantitative estimate of drug-likeness (QED) is 0.249. The third kappa shape index (κ3) is 4.92. The normalized spacial score (nSPS) is 14.2. The number of carbonyl (C=O) groups is 3. The van der Waals surface area contributed by atoms with Gasteiger partial charge in [0.05, 0.1) is 5.70 Å². The second-order valence-electron chi connectivity index (χ2n) is 5.55. The van der Waals surface area contributed by atoms with Crippen LogP contribution in [-0.2, 0) is 9.59 Å². The highest BCUT2D eigenvalue weighted by Crippen LogP contribution is 2.23. The Kier molecular flexibility index (Phi) is 6.51. The minimum atomic E-state index is -0.381. The second-order valence-corrected chi connectivity index (χ2v) is 5.55. The molecule has 1 heterocycles. The molecule has 0 unspecified atom stereocenters. The van der Waals surface area contributed by atoms with Gasteiger partial charge in [-0.3, -0.25) is 19.6 Å². The van der Waals surface area contributed by atoms with Gasteiger partial charge in [0.25, 0.3) is 5.91 Å². The molecule has 7 heteroatoms. The SMILES string of the molecule is O=C(/C=C1\NC(=O)c2ccccc21)NCCCCCCC(=O)NO. The van der Waals surface area contributed by atoms with Crippen LogP contribution in [0.3, 0.4) is 0 Å². The van der Waals surface area contributed by atoms with Gasteiger partial charge < -0.3 is 10.6 Å². The number of amides is 3. The summed E-state index contributed by atoms with van der Waals surface area (Å²) in [4.78, 5) is 34.5. The van der Waals surface area contributed by atoms with Crippen LogP contribution in [0, 0.1) is 0 Å². The summed E-state index contributed by atoms with van der Waals surface area (Å²) in [5.41, 5.74) is 3.42. The molecule has 0 spiro atoms. The van der Waals surface area contributed by atoms with E-state index in [2.05, 4.69) is 10.6 Å². The monoisotopic (exact) mass is 331 g/mol. The van der Waals surface area contributed by atoms with E-state index in [1.165, 1.54) is 6.08 Å². The van der Waals surface area contributed by atoms with Crippen LogP contribution in [0.5, 0.6) is 0 Å². The largest absolute Gasteiger partial charge is 0.352 e. The van der Waals surface area contributed by atoms with Crippen molar-refractivity contribution >= 4 is 23.4 Å². The summed E-state index contributed by atoms with van der Waals surface area (Å²) in [6, 6.07) is 7.13. The summed E-state index contributed by atoms with van der Waals surface area (Å²) in [6.07, 6.45) is 4.94. The van der Waals surface area contributed by atoms with Crippen molar-refractivity contribution in [3.8, 4) is 0 Å². The lowest BCUT2D eigenvalue weighted by Crippen LogP contribution is -2.23. The standard InChI is InChI=1S/C17H21N3O4/c21-15(20-24)9-3-1-2-6-10-18-16(22)11-14-12-7-4-5-8-13(12)17(23)19-14/h4-5,7-8,11,24H,1-3,6,9-10H2,(H,18,22)(H,19,23)(H,20,21)/b14-11-. The summed E-state index contributed by atoms with van der Waals surface area (Å²) in [6.45, 7) is 0.532. The smallest absolute Gasteiger partial charge is 0.256 e. The van der Waals surface area contributed by atoms with Gasteiger partial charge in [-0.1, -0.05) is 31.0 Å². The lowest BCUT2D eigenvalue weighted by atomic mass is 10.1. The van der Waals surface area contributed by atoms with E-state index in [0.29, 0.717) is 30.6 Å². The molecule has 1 aromatic carbocycles. The van der Waals surface area contributed by atoms with Crippen molar-refractivity contribution in [1.82, 2.24) is 16.1 Å². The Morgan fingerprint density at radius 2 is 1.79 bits per heavy atom. The van der Waals surface area contributed by atoms with Crippen molar-refractivity contribution in [1.29, 1.82) is 0 Å². The average Bonchev–Trinajstić information content (AvgIpc) is 2.90. The van der Waals surface area contributed by atoms with Gasteiger partial charge in [-0.05, 0) is 18.9 Å². The predicted octanol–water partition coefficient (Wildman–Crippen LogP) is 1.34. The zero-order chi connectivity index (χ0) is 17.4. The van der Waals surface area contributed by atoms with Gasteiger partial charge in [0.15, 0.2) is 0 Å². The molecular weight excluding hydrogens is 310 g/mol. The number of unbranched alkanes of at least 4 members (excludes halogenated alkanes) is 3. The second kappa shape index (κ2) is 8.83. The number of fused-ring (bicyclic) bond motifs is 1. The zero-order valence-corrected chi connectivity index (χ0v) is 13.3. The van der Waals surface area contributed by atoms with E-state index < -0.39 is 0 Å². The third-order valence-corrected chi connectivity index (χ3v) is 3.74. The van der Waals surface area contributed by atoms with Gasteiger partial charge in [0.1, 0.15) is 0 Å². The summed E-state index contributed by atoms with van der Waals surface area (Å²) in [5, 5.41) is 13.8. The number of benzene rings is 1. The van der Waals surface area contributed by atoms with Gasteiger partial charge in [-0.2, -0.15) is 0 Å². The molecule has 0 aliphatic carbocycles. The molecule has 3 amide bonds. The Hall–Kier alpha value is -2.67. The molecule has 2 rings (SSSR count). The van der Waals surface area contributed by atoms with Crippen LogP contribution >= 0.6 is 0 Å². The van der Waals surface area contributed by atoms with E-state index in [-0.39, 0.29) is 17.7 Å². The van der Waals surface area contributed by atoms with E-state index >= 15 is 0 Å². The maximum Gasteiger partial charge on any atom is 0.256 e. The van der Waals surface area contributed by atoms with Crippen molar-refractivity contribution in [2.24, 2.45) is 0 Å². The fourth-order valence-electron chi connectivity index (χ4n) is 2.50. The van der Waals surface area contributed by atoms with Gasteiger partial charge in [-0.25, -0.2) is 5.48 Å². The van der Waals surface area contributed by atoms with E-state index in [1.807, 2.05) is 6.07 Å². The van der Waals surface area contributed by atoms with Crippen LogP contribution in [0.25, 0.3) is 5.70 Å². The summed E-state index contributed by atoms with van der Waals surface area (Å²) in [5.74, 6) is -0.827. The molecule has 0 saturated heterocycles. The summed E-state index contributed by atoms with van der Waals surface area (Å²) >= 11 is 0. The zero-order valence-electron chi connectivity index (χ0n) is 13.3. The predicted molar refractivity (Wildman–Crippen MR) is 87.9 cm³/mol. The minimum Gasteiger partial charge on any atom is -0.352 e. The number of hydroxylamine groups is 1. The molecule has 0 atom stereocenters. The third-order valence-electron chi connectivity index (χ3n) is 3.74. The van der Waals surface area contributed by atoms with Crippen LogP contribution in [0.1, 0.15) is 48.0 Å². The van der Waals surface area contributed by atoms with Crippen molar-refractivity contribution in [2.75, 3.05) is 6.54 Å². The maximum atomic E-state index is 11.9. The Morgan fingerprint density at radius 3 is 2.54 bits per heavy atom. The van der Waals surface area contributed by atoms with E-state index in [9.17, 15) is 14.4 Å². The molecule has 0 aromatic heterocycles. The molecule has 0 fully saturated rings. The first-order valence-electron chi connectivity index (χ1n) is 7.95. The molecule has 1 aromatic rings. The van der Waals surface area contributed by atoms with Crippen LogP contribution in [0.4, 0.5) is 0 Å². The first-order valence-corrected chi connectivity index (χ1v) is 7.95.